The Kier molecular flexibility index (Phi) is 8.77. The first-order valence-electron chi connectivity index (χ1n) is 7.80. The Labute approximate surface area is 149 Å². The van der Waals surface area contributed by atoms with Gasteiger partial charge in [-0.1, -0.05) is 0 Å². The number of nitrogens with one attached hydrogen (secondary N) is 2. The van der Waals surface area contributed by atoms with E-state index in [4.69, 9.17) is 9.47 Å². The van der Waals surface area contributed by atoms with Gasteiger partial charge in [-0.05, 0) is 48.5 Å². The predicted octanol–water partition coefficient (Wildman–Crippen LogP) is 1.70. The Morgan fingerprint density at radius 2 is 1.50 bits per heavy atom. The number of amides is 2. The van der Waals surface area contributed by atoms with E-state index in [2.05, 4.69) is 23.3 Å². The molecule has 0 aromatic carbocycles. The van der Waals surface area contributed by atoms with E-state index in [1.165, 1.54) is 6.92 Å². The van der Waals surface area contributed by atoms with Crippen molar-refractivity contribution >= 4 is 30.4 Å². The number of carbonyl (C=O) groups is 3. The second kappa shape index (κ2) is 9.27. The highest BCUT2D eigenvalue weighted by Gasteiger charge is 2.27. The Balaban J connectivity index is 4.75. The molecule has 2 N–H and O–H groups in total. The third-order valence-corrected chi connectivity index (χ3v) is 3.05. The summed E-state index contributed by atoms with van der Waals surface area (Å²) in [6, 6.07) is -1.71. The average molecular weight is 362 g/mol. The minimum Gasteiger partial charge on any atom is -0.444 e. The van der Waals surface area contributed by atoms with Gasteiger partial charge >= 0.3 is 6.09 Å². The molecule has 8 heteroatoms. The molecule has 24 heavy (non-hydrogen) atoms. The monoisotopic (exact) mass is 362 g/mol. The standard InChI is InChI=1S/C16H30N2O5S/c1-10(19)11(8-22-15(2,3)4)17-13(20)12(9-24)18-14(21)23-16(5,6)7/h11-12,24H,8-9H2,1-7H3,(H,17,20)(H,18,21)/t11-,12-/m0/s1. The smallest absolute Gasteiger partial charge is 0.408 e. The van der Waals surface area contributed by atoms with Gasteiger partial charge in [0.25, 0.3) is 0 Å². The Hall–Kier alpha value is -1.28. The molecule has 0 saturated carbocycles. The predicted molar refractivity (Wildman–Crippen MR) is 95.3 cm³/mol. The van der Waals surface area contributed by atoms with Crippen LogP contribution in [0.2, 0.25) is 0 Å². The van der Waals surface area contributed by atoms with Crippen molar-refractivity contribution in [1.82, 2.24) is 10.6 Å². The molecular formula is C16H30N2O5S. The molecule has 0 aliphatic carbocycles. The van der Waals surface area contributed by atoms with E-state index in [0.717, 1.165) is 0 Å². The first-order valence-corrected chi connectivity index (χ1v) is 8.43. The van der Waals surface area contributed by atoms with Crippen molar-refractivity contribution in [3.63, 3.8) is 0 Å². The first kappa shape index (κ1) is 22.7. The van der Waals surface area contributed by atoms with Crippen molar-refractivity contribution < 1.29 is 23.9 Å². The molecular weight excluding hydrogens is 332 g/mol. The van der Waals surface area contributed by atoms with E-state index in [0.29, 0.717) is 0 Å². The summed E-state index contributed by atoms with van der Waals surface area (Å²) in [6.07, 6.45) is -0.720. The number of ether oxygens (including phenoxy) is 2. The van der Waals surface area contributed by atoms with Gasteiger partial charge in [0.1, 0.15) is 17.7 Å². The van der Waals surface area contributed by atoms with E-state index in [9.17, 15) is 14.4 Å². The molecule has 0 aromatic rings. The van der Waals surface area contributed by atoms with E-state index in [1.807, 2.05) is 20.8 Å². The zero-order valence-electron chi connectivity index (χ0n) is 15.6. The largest absolute Gasteiger partial charge is 0.444 e. The molecule has 0 heterocycles. The summed E-state index contributed by atoms with van der Waals surface area (Å²) >= 11 is 4.07. The summed E-state index contributed by atoms with van der Waals surface area (Å²) in [5.41, 5.74) is -1.11. The van der Waals surface area contributed by atoms with Crippen molar-refractivity contribution in [3.8, 4) is 0 Å². The van der Waals surface area contributed by atoms with Gasteiger partial charge in [0, 0.05) is 5.75 Å². The van der Waals surface area contributed by atoms with Crippen LogP contribution < -0.4 is 10.6 Å². The van der Waals surface area contributed by atoms with Crippen LogP contribution in [0.5, 0.6) is 0 Å². The van der Waals surface area contributed by atoms with Crippen molar-refractivity contribution in [2.45, 2.75) is 71.8 Å². The SMILES string of the molecule is CC(=O)[C@H](COC(C)(C)C)NC(=O)[C@H](CS)NC(=O)OC(C)(C)C. The summed E-state index contributed by atoms with van der Waals surface area (Å²) in [4.78, 5) is 35.7. The Morgan fingerprint density at radius 1 is 0.958 bits per heavy atom. The van der Waals surface area contributed by atoms with Crippen LogP contribution in [-0.2, 0) is 19.1 Å². The molecule has 140 valence electrons. The molecule has 0 rings (SSSR count). The van der Waals surface area contributed by atoms with Gasteiger partial charge in [-0.15, -0.1) is 0 Å². The summed E-state index contributed by atoms with van der Waals surface area (Å²) in [6.45, 7) is 12.1. The summed E-state index contributed by atoms with van der Waals surface area (Å²) in [5.74, 6) is -0.688. The number of alkyl carbamates (subject to hydrolysis) is 1. The lowest BCUT2D eigenvalue weighted by Gasteiger charge is -2.26. The molecule has 0 bridgehead atoms. The van der Waals surface area contributed by atoms with Crippen LogP contribution in [0.4, 0.5) is 4.79 Å². The van der Waals surface area contributed by atoms with Gasteiger partial charge in [-0.2, -0.15) is 12.6 Å². The van der Waals surface area contributed by atoms with E-state index >= 15 is 0 Å². The van der Waals surface area contributed by atoms with Crippen LogP contribution in [0.3, 0.4) is 0 Å². The van der Waals surface area contributed by atoms with E-state index < -0.39 is 35.3 Å². The minimum atomic E-state index is -0.917. The minimum absolute atomic E-state index is 0.0519. The fourth-order valence-electron chi connectivity index (χ4n) is 1.51. The number of rotatable bonds is 7. The Bertz CT molecular complexity index is 454. The molecule has 0 aliphatic rings. The van der Waals surface area contributed by atoms with Crippen LogP contribution in [-0.4, -0.2) is 53.4 Å². The van der Waals surface area contributed by atoms with Crippen LogP contribution in [0.25, 0.3) is 0 Å². The molecule has 0 aromatic heterocycles. The zero-order valence-corrected chi connectivity index (χ0v) is 16.5. The fraction of sp³-hybridized carbons (Fsp3) is 0.812. The number of Topliss-reactive ketones (excluding diaryl/α,β-unsaturated/α-hetero) is 1. The number of ketones is 1. The van der Waals surface area contributed by atoms with Gasteiger partial charge in [0.05, 0.1) is 12.2 Å². The topological polar surface area (TPSA) is 93.7 Å². The summed E-state index contributed by atoms with van der Waals surface area (Å²) in [5, 5.41) is 5.01. The molecule has 0 radical (unpaired) electrons. The number of thiol groups is 1. The van der Waals surface area contributed by atoms with Crippen LogP contribution >= 0.6 is 12.6 Å². The molecule has 2 amide bonds. The van der Waals surface area contributed by atoms with Crippen LogP contribution in [0.15, 0.2) is 0 Å². The quantitative estimate of drug-likeness (QED) is 0.599. The molecule has 0 aliphatic heterocycles. The van der Waals surface area contributed by atoms with Crippen molar-refractivity contribution in [1.29, 1.82) is 0 Å². The average Bonchev–Trinajstić information content (AvgIpc) is 2.36. The molecule has 0 unspecified atom stereocenters. The molecule has 2 atom stereocenters. The Morgan fingerprint density at radius 3 is 1.88 bits per heavy atom. The summed E-state index contributed by atoms with van der Waals surface area (Å²) < 4.78 is 10.7. The van der Waals surface area contributed by atoms with E-state index in [1.54, 1.807) is 20.8 Å². The highest BCUT2D eigenvalue weighted by atomic mass is 32.1. The van der Waals surface area contributed by atoms with Gasteiger partial charge in [-0.25, -0.2) is 4.79 Å². The molecule has 0 spiro atoms. The fourth-order valence-corrected chi connectivity index (χ4v) is 1.77. The third-order valence-electron chi connectivity index (χ3n) is 2.68. The lowest BCUT2D eigenvalue weighted by molar-refractivity contribution is -0.130. The van der Waals surface area contributed by atoms with Crippen LogP contribution in [0, 0.1) is 0 Å². The van der Waals surface area contributed by atoms with Gasteiger partial charge in [0.2, 0.25) is 5.91 Å². The molecule has 0 saturated heterocycles. The van der Waals surface area contributed by atoms with E-state index in [-0.39, 0.29) is 18.1 Å². The maximum atomic E-state index is 12.3. The number of hydrogen-bond donors (Lipinski definition) is 3. The van der Waals surface area contributed by atoms with Gasteiger partial charge in [0.15, 0.2) is 5.78 Å². The van der Waals surface area contributed by atoms with Crippen LogP contribution in [0.1, 0.15) is 48.5 Å². The summed E-state index contributed by atoms with van der Waals surface area (Å²) in [7, 11) is 0. The lowest BCUT2D eigenvalue weighted by atomic mass is 10.1. The molecule has 0 fully saturated rings. The van der Waals surface area contributed by atoms with Crippen molar-refractivity contribution in [3.05, 3.63) is 0 Å². The second-order valence-corrected chi connectivity index (χ2v) is 7.84. The maximum Gasteiger partial charge on any atom is 0.408 e. The van der Waals surface area contributed by atoms with Gasteiger partial charge in [-0.3, -0.25) is 9.59 Å². The third kappa shape index (κ3) is 10.5. The lowest BCUT2D eigenvalue weighted by Crippen LogP contribution is -2.54. The second-order valence-electron chi connectivity index (χ2n) is 7.48. The number of carbonyl (C=O) groups excluding carboxylic acids is 3. The normalized spacial score (nSPS) is 14.5. The molecule has 7 nitrogen and oxygen atoms in total. The van der Waals surface area contributed by atoms with Crippen molar-refractivity contribution in [2.75, 3.05) is 12.4 Å². The highest BCUT2D eigenvalue weighted by Crippen LogP contribution is 2.08. The highest BCUT2D eigenvalue weighted by molar-refractivity contribution is 7.80. The number of hydrogen-bond acceptors (Lipinski definition) is 6. The van der Waals surface area contributed by atoms with Gasteiger partial charge < -0.3 is 20.1 Å². The van der Waals surface area contributed by atoms with Crippen molar-refractivity contribution in [2.24, 2.45) is 0 Å². The zero-order chi connectivity index (χ0) is 19.1. The maximum absolute atomic E-state index is 12.3. The first-order chi connectivity index (χ1) is 10.7.